The topological polar surface area (TPSA) is 78.6 Å². The summed E-state index contributed by atoms with van der Waals surface area (Å²) >= 11 is 0. The van der Waals surface area contributed by atoms with Gasteiger partial charge < -0.3 is 15.2 Å². The standard InChI is InChI=1S/C13H21NO4S/c1-17-10-6-7-11(13(9-10)18-2)12(14)5-4-8-19(3,15)16/h6-7,9,12H,4-5,8,14H2,1-3H3. The van der Waals surface area contributed by atoms with E-state index in [1.807, 2.05) is 12.1 Å². The molecule has 0 radical (unpaired) electrons. The molecule has 0 amide bonds. The fraction of sp³-hybridized carbons (Fsp3) is 0.538. The van der Waals surface area contributed by atoms with Gasteiger partial charge in [0.1, 0.15) is 21.3 Å². The molecule has 0 aliphatic carbocycles. The average molecular weight is 287 g/mol. The Morgan fingerprint density at radius 3 is 2.47 bits per heavy atom. The van der Waals surface area contributed by atoms with Gasteiger partial charge in [-0.1, -0.05) is 6.07 Å². The molecule has 0 aliphatic heterocycles. The second kappa shape index (κ2) is 6.77. The fourth-order valence-electron chi connectivity index (χ4n) is 1.85. The molecule has 19 heavy (non-hydrogen) atoms. The van der Waals surface area contributed by atoms with Gasteiger partial charge in [-0.05, 0) is 18.9 Å². The SMILES string of the molecule is COc1ccc(C(N)CCCS(C)(=O)=O)c(OC)c1. The molecule has 0 spiro atoms. The predicted octanol–water partition coefficient (Wildman–Crippen LogP) is 1.53. The lowest BCUT2D eigenvalue weighted by molar-refractivity contribution is 0.387. The molecule has 1 rings (SSSR count). The first kappa shape index (κ1) is 15.8. The van der Waals surface area contributed by atoms with Crippen molar-refractivity contribution in [2.75, 3.05) is 26.2 Å². The molecule has 2 N–H and O–H groups in total. The lowest BCUT2D eigenvalue weighted by Gasteiger charge is -2.16. The minimum atomic E-state index is -2.94. The van der Waals surface area contributed by atoms with Gasteiger partial charge in [-0.2, -0.15) is 0 Å². The molecule has 0 fully saturated rings. The summed E-state index contributed by atoms with van der Waals surface area (Å²) < 4.78 is 32.5. The molecule has 1 aromatic rings. The van der Waals surface area contributed by atoms with E-state index in [1.165, 1.54) is 6.26 Å². The zero-order valence-electron chi connectivity index (χ0n) is 11.5. The number of sulfone groups is 1. The third-order valence-electron chi connectivity index (χ3n) is 2.87. The van der Waals surface area contributed by atoms with E-state index in [0.717, 1.165) is 5.56 Å². The molecule has 0 saturated heterocycles. The number of hydrogen-bond acceptors (Lipinski definition) is 5. The number of hydrogen-bond donors (Lipinski definition) is 1. The summed E-state index contributed by atoms with van der Waals surface area (Å²) in [5.41, 5.74) is 6.93. The smallest absolute Gasteiger partial charge is 0.147 e. The molecular formula is C13H21NO4S. The van der Waals surface area contributed by atoms with E-state index < -0.39 is 9.84 Å². The van der Waals surface area contributed by atoms with Gasteiger partial charge in [-0.3, -0.25) is 0 Å². The van der Waals surface area contributed by atoms with E-state index in [-0.39, 0.29) is 11.8 Å². The van der Waals surface area contributed by atoms with Crippen LogP contribution in [0.25, 0.3) is 0 Å². The van der Waals surface area contributed by atoms with Crippen molar-refractivity contribution in [3.05, 3.63) is 23.8 Å². The lowest BCUT2D eigenvalue weighted by Crippen LogP contribution is -2.13. The van der Waals surface area contributed by atoms with Crippen molar-refractivity contribution in [3.63, 3.8) is 0 Å². The fourth-order valence-corrected chi connectivity index (χ4v) is 2.54. The highest BCUT2D eigenvalue weighted by Gasteiger charge is 2.13. The largest absolute Gasteiger partial charge is 0.497 e. The quantitative estimate of drug-likeness (QED) is 0.822. The van der Waals surface area contributed by atoms with Crippen LogP contribution in [0.5, 0.6) is 11.5 Å². The van der Waals surface area contributed by atoms with Crippen LogP contribution in [0.1, 0.15) is 24.4 Å². The van der Waals surface area contributed by atoms with E-state index >= 15 is 0 Å². The van der Waals surface area contributed by atoms with Gasteiger partial charge in [0.25, 0.3) is 0 Å². The van der Waals surface area contributed by atoms with E-state index in [9.17, 15) is 8.42 Å². The van der Waals surface area contributed by atoms with Gasteiger partial charge >= 0.3 is 0 Å². The zero-order valence-corrected chi connectivity index (χ0v) is 12.4. The van der Waals surface area contributed by atoms with Crippen molar-refractivity contribution in [2.24, 2.45) is 5.73 Å². The van der Waals surface area contributed by atoms with Gasteiger partial charge in [-0.25, -0.2) is 8.42 Å². The summed E-state index contributed by atoms with van der Waals surface area (Å²) in [6.07, 6.45) is 2.36. The molecular weight excluding hydrogens is 266 g/mol. The van der Waals surface area contributed by atoms with Crippen LogP contribution in [0.2, 0.25) is 0 Å². The van der Waals surface area contributed by atoms with Crippen LogP contribution in [0.3, 0.4) is 0 Å². The highest BCUT2D eigenvalue weighted by molar-refractivity contribution is 7.90. The summed E-state index contributed by atoms with van der Waals surface area (Å²) in [7, 11) is 0.220. The molecule has 1 atom stereocenters. The summed E-state index contributed by atoms with van der Waals surface area (Å²) in [5.74, 6) is 1.51. The predicted molar refractivity (Wildman–Crippen MR) is 75.4 cm³/mol. The van der Waals surface area contributed by atoms with Crippen LogP contribution in [0.4, 0.5) is 0 Å². The molecule has 1 unspecified atom stereocenters. The molecule has 0 bridgehead atoms. The minimum Gasteiger partial charge on any atom is -0.497 e. The first-order chi connectivity index (χ1) is 8.87. The normalized spacial score (nSPS) is 13.1. The van der Waals surface area contributed by atoms with Crippen LogP contribution in [-0.2, 0) is 9.84 Å². The first-order valence-corrected chi connectivity index (χ1v) is 8.08. The Morgan fingerprint density at radius 1 is 1.26 bits per heavy atom. The van der Waals surface area contributed by atoms with Crippen molar-refractivity contribution in [2.45, 2.75) is 18.9 Å². The minimum absolute atomic E-state index is 0.152. The maximum absolute atomic E-state index is 11.1. The Hall–Kier alpha value is -1.27. The van der Waals surface area contributed by atoms with Crippen molar-refractivity contribution in [1.82, 2.24) is 0 Å². The second-order valence-electron chi connectivity index (χ2n) is 4.49. The molecule has 5 nitrogen and oxygen atoms in total. The molecule has 0 aromatic heterocycles. The number of methoxy groups -OCH3 is 2. The summed E-state index contributed by atoms with van der Waals surface area (Å²) in [5, 5.41) is 0. The molecule has 108 valence electrons. The van der Waals surface area contributed by atoms with Gasteiger partial charge in [-0.15, -0.1) is 0 Å². The van der Waals surface area contributed by atoms with E-state index in [4.69, 9.17) is 15.2 Å². The Balaban J connectivity index is 2.73. The van der Waals surface area contributed by atoms with E-state index in [1.54, 1.807) is 20.3 Å². The van der Waals surface area contributed by atoms with Crippen molar-refractivity contribution in [1.29, 1.82) is 0 Å². The Labute approximate surface area is 114 Å². The summed E-state index contributed by atoms with van der Waals surface area (Å²) in [6.45, 7) is 0. The van der Waals surface area contributed by atoms with Gasteiger partial charge in [0, 0.05) is 29.7 Å². The highest BCUT2D eigenvalue weighted by Crippen LogP contribution is 2.30. The Bertz CT molecular complexity index is 513. The van der Waals surface area contributed by atoms with E-state index in [2.05, 4.69) is 0 Å². The van der Waals surface area contributed by atoms with Crippen LogP contribution in [0, 0.1) is 0 Å². The van der Waals surface area contributed by atoms with Crippen LogP contribution >= 0.6 is 0 Å². The highest BCUT2D eigenvalue weighted by atomic mass is 32.2. The molecule has 0 saturated carbocycles. The number of rotatable bonds is 7. The average Bonchev–Trinajstić information content (AvgIpc) is 2.36. The monoisotopic (exact) mass is 287 g/mol. The lowest BCUT2D eigenvalue weighted by atomic mass is 10.0. The molecule has 0 aliphatic rings. The van der Waals surface area contributed by atoms with Crippen molar-refractivity contribution < 1.29 is 17.9 Å². The van der Waals surface area contributed by atoms with Crippen molar-refractivity contribution in [3.8, 4) is 11.5 Å². The maximum Gasteiger partial charge on any atom is 0.147 e. The third-order valence-corrected chi connectivity index (χ3v) is 3.90. The van der Waals surface area contributed by atoms with Gasteiger partial charge in [0.05, 0.1) is 14.2 Å². The Kier molecular flexibility index (Phi) is 5.62. The van der Waals surface area contributed by atoms with Crippen LogP contribution < -0.4 is 15.2 Å². The number of ether oxygens (including phenoxy) is 2. The third kappa shape index (κ3) is 5.08. The summed E-state index contributed by atoms with van der Waals surface area (Å²) in [6, 6.07) is 5.19. The van der Waals surface area contributed by atoms with E-state index in [0.29, 0.717) is 24.3 Å². The molecule has 0 heterocycles. The second-order valence-corrected chi connectivity index (χ2v) is 6.75. The van der Waals surface area contributed by atoms with Crippen molar-refractivity contribution >= 4 is 9.84 Å². The maximum atomic E-state index is 11.1. The Morgan fingerprint density at radius 2 is 1.95 bits per heavy atom. The number of benzene rings is 1. The zero-order chi connectivity index (χ0) is 14.5. The van der Waals surface area contributed by atoms with Crippen LogP contribution in [-0.4, -0.2) is 34.6 Å². The van der Waals surface area contributed by atoms with Crippen LogP contribution in [0.15, 0.2) is 18.2 Å². The first-order valence-electron chi connectivity index (χ1n) is 6.02. The van der Waals surface area contributed by atoms with Gasteiger partial charge in [0.2, 0.25) is 0 Å². The molecule has 1 aromatic carbocycles. The molecule has 6 heteroatoms. The summed E-state index contributed by atoms with van der Waals surface area (Å²) in [4.78, 5) is 0. The van der Waals surface area contributed by atoms with Gasteiger partial charge in [0.15, 0.2) is 0 Å². The number of nitrogens with two attached hydrogens (primary N) is 1.